The second-order valence-electron chi connectivity index (χ2n) is 7.70. The zero-order chi connectivity index (χ0) is 21.2. The van der Waals surface area contributed by atoms with Crippen molar-refractivity contribution in [1.82, 2.24) is 15.3 Å². The zero-order valence-electron chi connectivity index (χ0n) is 16.9. The van der Waals surface area contributed by atoms with E-state index >= 15 is 0 Å². The number of pyridine rings is 1. The third-order valence-corrected chi connectivity index (χ3v) is 5.68. The molecule has 5 rings (SSSR count). The second kappa shape index (κ2) is 8.20. The van der Waals surface area contributed by atoms with Gasteiger partial charge in [0.1, 0.15) is 5.82 Å². The molecule has 3 aromatic carbocycles. The summed E-state index contributed by atoms with van der Waals surface area (Å²) < 4.78 is 13.1. The Bertz CT molecular complexity index is 1400. The lowest BCUT2D eigenvalue weighted by molar-refractivity contribution is 0.625. The number of aromatic amines is 2. The van der Waals surface area contributed by atoms with Crippen molar-refractivity contribution in [2.24, 2.45) is 0 Å². The normalized spacial score (nSPS) is 11.4. The topological polar surface area (TPSA) is 60.7 Å². The highest BCUT2D eigenvalue weighted by molar-refractivity contribution is 6.09. The maximum atomic E-state index is 13.1. The number of hydrogen-bond acceptors (Lipinski definition) is 2. The van der Waals surface area contributed by atoms with Crippen molar-refractivity contribution in [3.8, 4) is 11.3 Å². The quantitative estimate of drug-likeness (QED) is 0.267. The van der Waals surface area contributed by atoms with E-state index in [4.69, 9.17) is 0 Å². The van der Waals surface area contributed by atoms with Crippen molar-refractivity contribution in [1.29, 1.82) is 0 Å². The first-order chi connectivity index (χ1) is 15.2. The number of rotatable bonds is 6. The predicted molar refractivity (Wildman–Crippen MR) is 124 cm³/mol. The lowest BCUT2D eigenvalue weighted by Crippen LogP contribution is -2.17. The van der Waals surface area contributed by atoms with E-state index in [1.807, 2.05) is 24.4 Å². The maximum Gasteiger partial charge on any atom is 0.256 e. The minimum Gasteiger partial charge on any atom is -0.361 e. The van der Waals surface area contributed by atoms with Crippen LogP contribution < -0.4 is 10.9 Å². The molecule has 3 N–H and O–H groups in total. The molecule has 2 heterocycles. The summed E-state index contributed by atoms with van der Waals surface area (Å²) in [5.74, 6) is -0.222. The van der Waals surface area contributed by atoms with Crippen LogP contribution in [0.3, 0.4) is 0 Å². The molecule has 0 aliphatic carbocycles. The van der Waals surface area contributed by atoms with Gasteiger partial charge in [0.15, 0.2) is 0 Å². The molecular formula is C26H22FN3O. The Labute approximate surface area is 178 Å². The molecule has 31 heavy (non-hydrogen) atoms. The summed E-state index contributed by atoms with van der Waals surface area (Å²) in [6, 6.07) is 20.9. The van der Waals surface area contributed by atoms with Crippen LogP contribution >= 0.6 is 0 Å². The summed E-state index contributed by atoms with van der Waals surface area (Å²) >= 11 is 0. The number of nitrogens with one attached hydrogen (secondary N) is 3. The Morgan fingerprint density at radius 2 is 1.74 bits per heavy atom. The second-order valence-corrected chi connectivity index (χ2v) is 7.70. The lowest BCUT2D eigenvalue weighted by Gasteiger charge is -2.12. The summed E-state index contributed by atoms with van der Waals surface area (Å²) in [7, 11) is 0. The van der Waals surface area contributed by atoms with Crippen LogP contribution in [0.2, 0.25) is 0 Å². The summed E-state index contributed by atoms with van der Waals surface area (Å²) in [6.45, 7) is 1.46. The van der Waals surface area contributed by atoms with E-state index in [0.29, 0.717) is 11.9 Å². The molecule has 0 aliphatic heterocycles. The van der Waals surface area contributed by atoms with Gasteiger partial charge in [0.25, 0.3) is 5.56 Å². The molecule has 0 bridgehead atoms. The van der Waals surface area contributed by atoms with E-state index in [1.54, 1.807) is 18.3 Å². The molecule has 0 aliphatic rings. The van der Waals surface area contributed by atoms with Gasteiger partial charge in [0.05, 0.1) is 5.39 Å². The largest absolute Gasteiger partial charge is 0.361 e. The van der Waals surface area contributed by atoms with Crippen LogP contribution in [0.15, 0.2) is 83.9 Å². The molecule has 5 aromatic rings. The third kappa shape index (κ3) is 3.88. The van der Waals surface area contributed by atoms with Gasteiger partial charge in [-0.15, -0.1) is 0 Å². The Morgan fingerprint density at radius 3 is 2.55 bits per heavy atom. The van der Waals surface area contributed by atoms with Gasteiger partial charge in [-0.2, -0.15) is 0 Å². The summed E-state index contributed by atoms with van der Waals surface area (Å²) in [6.07, 6.45) is 4.41. The molecule has 4 nitrogen and oxygen atoms in total. The van der Waals surface area contributed by atoms with Gasteiger partial charge < -0.3 is 15.3 Å². The standard InChI is InChI=1S/C26H22FN3O/c27-21-6-3-17(4-7-21)16-28-12-9-18-14-20-10-13-30-26(31)25(20)23-15-19(5-8-22(18)23)24-2-1-11-29-24/h1-8,10-11,13-15,28-29H,9,12,16H2,(H,30,31). The van der Waals surface area contributed by atoms with Gasteiger partial charge in [-0.05, 0) is 82.2 Å². The molecule has 0 saturated carbocycles. The van der Waals surface area contributed by atoms with E-state index in [-0.39, 0.29) is 11.4 Å². The van der Waals surface area contributed by atoms with E-state index in [2.05, 4.69) is 39.6 Å². The fraction of sp³-hybridized carbons (Fsp3) is 0.115. The number of H-pyrrole nitrogens is 2. The van der Waals surface area contributed by atoms with Crippen LogP contribution in [0.1, 0.15) is 11.1 Å². The number of benzene rings is 3. The molecule has 0 fully saturated rings. The third-order valence-electron chi connectivity index (χ3n) is 5.68. The monoisotopic (exact) mass is 411 g/mol. The lowest BCUT2D eigenvalue weighted by atomic mass is 9.94. The van der Waals surface area contributed by atoms with E-state index < -0.39 is 0 Å². The van der Waals surface area contributed by atoms with Gasteiger partial charge >= 0.3 is 0 Å². The highest BCUT2D eigenvalue weighted by atomic mass is 19.1. The fourth-order valence-electron chi connectivity index (χ4n) is 4.13. The summed E-state index contributed by atoms with van der Waals surface area (Å²) in [4.78, 5) is 18.7. The van der Waals surface area contributed by atoms with Crippen molar-refractivity contribution in [3.05, 3.63) is 106 Å². The molecule has 0 spiro atoms. The van der Waals surface area contributed by atoms with E-state index in [0.717, 1.165) is 45.9 Å². The Hall–Kier alpha value is -3.70. The summed E-state index contributed by atoms with van der Waals surface area (Å²) in [5.41, 5.74) is 4.24. The number of aromatic nitrogens is 2. The maximum absolute atomic E-state index is 13.1. The van der Waals surface area contributed by atoms with Gasteiger partial charge in [-0.3, -0.25) is 4.79 Å². The molecule has 0 radical (unpaired) electrons. The minimum atomic E-state index is -0.222. The molecule has 5 heteroatoms. The molecule has 0 atom stereocenters. The van der Waals surface area contributed by atoms with Gasteiger partial charge in [-0.1, -0.05) is 30.3 Å². The first-order valence-electron chi connectivity index (χ1n) is 10.3. The molecular weight excluding hydrogens is 389 g/mol. The van der Waals surface area contributed by atoms with Crippen LogP contribution in [-0.2, 0) is 13.0 Å². The Balaban J connectivity index is 1.48. The molecule has 0 saturated heterocycles. The Kier molecular flexibility index (Phi) is 5.10. The Morgan fingerprint density at radius 1 is 0.871 bits per heavy atom. The first kappa shape index (κ1) is 19.3. The van der Waals surface area contributed by atoms with Gasteiger partial charge in [0, 0.05) is 24.6 Å². The van der Waals surface area contributed by atoms with Gasteiger partial charge in [-0.25, -0.2) is 4.39 Å². The summed E-state index contributed by atoms with van der Waals surface area (Å²) in [5, 5.41) is 7.13. The number of hydrogen-bond donors (Lipinski definition) is 3. The van der Waals surface area contributed by atoms with Crippen molar-refractivity contribution in [2.75, 3.05) is 6.54 Å². The number of halogens is 1. The van der Waals surface area contributed by atoms with Crippen LogP contribution in [-0.4, -0.2) is 16.5 Å². The van der Waals surface area contributed by atoms with Crippen molar-refractivity contribution in [2.45, 2.75) is 13.0 Å². The van der Waals surface area contributed by atoms with E-state index in [1.165, 1.54) is 17.7 Å². The minimum absolute atomic E-state index is 0.0767. The molecule has 0 unspecified atom stereocenters. The smallest absolute Gasteiger partial charge is 0.256 e. The van der Waals surface area contributed by atoms with Crippen molar-refractivity contribution in [3.63, 3.8) is 0 Å². The first-order valence-corrected chi connectivity index (χ1v) is 10.3. The molecule has 2 aromatic heterocycles. The highest BCUT2D eigenvalue weighted by Crippen LogP contribution is 2.30. The van der Waals surface area contributed by atoms with Crippen LogP contribution in [0.25, 0.3) is 32.8 Å². The number of fused-ring (bicyclic) bond motifs is 3. The van der Waals surface area contributed by atoms with Crippen LogP contribution in [0.4, 0.5) is 4.39 Å². The van der Waals surface area contributed by atoms with Crippen molar-refractivity contribution < 1.29 is 4.39 Å². The average Bonchev–Trinajstić information content (AvgIpc) is 3.32. The van der Waals surface area contributed by atoms with Gasteiger partial charge in [0.2, 0.25) is 0 Å². The van der Waals surface area contributed by atoms with Crippen LogP contribution in [0, 0.1) is 5.82 Å². The highest BCUT2D eigenvalue weighted by Gasteiger charge is 2.11. The molecule has 154 valence electrons. The fourth-order valence-corrected chi connectivity index (χ4v) is 4.13. The average molecular weight is 411 g/mol. The molecule has 0 amide bonds. The van der Waals surface area contributed by atoms with Crippen molar-refractivity contribution >= 4 is 21.5 Å². The van der Waals surface area contributed by atoms with E-state index in [9.17, 15) is 9.18 Å². The van der Waals surface area contributed by atoms with Crippen LogP contribution in [0.5, 0.6) is 0 Å². The SMILES string of the molecule is O=c1[nH]ccc2cc(CCNCc3ccc(F)cc3)c3ccc(-c4ccc[nH]4)cc3c12. The predicted octanol–water partition coefficient (Wildman–Crippen LogP) is 5.15. The zero-order valence-corrected chi connectivity index (χ0v) is 16.9.